The Labute approximate surface area is 226 Å². The van der Waals surface area contributed by atoms with E-state index in [1.54, 1.807) is 0 Å². The van der Waals surface area contributed by atoms with Crippen LogP contribution in [0.1, 0.15) is 60.6 Å². The normalized spacial score (nSPS) is 16.8. The lowest BCUT2D eigenvalue weighted by Gasteiger charge is -2.20. The number of amides is 1. The van der Waals surface area contributed by atoms with E-state index >= 15 is 0 Å². The molecule has 0 unspecified atom stereocenters. The molecule has 6 heteroatoms. The molecular formula is C32H39N3O3. The molecule has 0 heterocycles. The lowest BCUT2D eigenvalue weighted by molar-refractivity contribution is 0.0858. The number of aliphatic hydroxyl groups excluding tert-OH is 1. The highest BCUT2D eigenvalue weighted by Crippen LogP contribution is 2.34. The van der Waals surface area contributed by atoms with Crippen molar-refractivity contribution in [1.29, 1.82) is 0 Å². The van der Waals surface area contributed by atoms with Gasteiger partial charge in [-0.1, -0.05) is 68.3 Å². The Morgan fingerprint density at radius 2 is 1.76 bits per heavy atom. The number of benzene rings is 3. The van der Waals surface area contributed by atoms with Crippen LogP contribution in [-0.2, 0) is 11.2 Å². The highest BCUT2D eigenvalue weighted by Gasteiger charge is 2.32. The van der Waals surface area contributed by atoms with Gasteiger partial charge < -0.3 is 20.1 Å². The number of aliphatic imine (C=N–C) groups is 1. The van der Waals surface area contributed by atoms with Crippen molar-refractivity contribution in [3.8, 4) is 11.1 Å². The van der Waals surface area contributed by atoms with E-state index in [1.807, 2.05) is 86.8 Å². The van der Waals surface area contributed by atoms with Crippen LogP contribution in [0.2, 0.25) is 0 Å². The van der Waals surface area contributed by atoms with Crippen molar-refractivity contribution in [2.45, 2.75) is 51.7 Å². The molecule has 4 rings (SSSR count). The molecule has 2 atom stereocenters. The monoisotopic (exact) mass is 513 g/mol. The number of fused-ring (bicyclic) bond motifs is 1. The molecule has 1 aliphatic carbocycles. The maximum Gasteiger partial charge on any atom is 0.251 e. The molecule has 1 amide bonds. The Hall–Kier alpha value is -3.48. The number of nitrogens with one attached hydrogen (secondary N) is 1. The summed E-state index contributed by atoms with van der Waals surface area (Å²) in [5.41, 5.74) is 5.48. The van der Waals surface area contributed by atoms with Crippen molar-refractivity contribution >= 4 is 17.4 Å². The number of rotatable bonds is 11. The average Bonchev–Trinajstić information content (AvgIpc) is 3.25. The van der Waals surface area contributed by atoms with E-state index in [0.717, 1.165) is 53.3 Å². The first-order valence-corrected chi connectivity index (χ1v) is 13.6. The van der Waals surface area contributed by atoms with Crippen LogP contribution in [0.15, 0.2) is 77.8 Å². The number of carbonyl (C=O) groups is 1. The van der Waals surface area contributed by atoms with E-state index < -0.39 is 12.1 Å². The van der Waals surface area contributed by atoms with Crippen molar-refractivity contribution in [1.82, 2.24) is 10.2 Å². The second-order valence-corrected chi connectivity index (χ2v) is 9.95. The lowest BCUT2D eigenvalue weighted by Crippen LogP contribution is -2.33. The quantitative estimate of drug-likeness (QED) is 0.189. The molecule has 1 aliphatic rings. The molecule has 0 bridgehead atoms. The first-order chi connectivity index (χ1) is 18.5. The number of unbranched alkanes of at least 4 members (excludes halogenated alkanes) is 2. The minimum absolute atomic E-state index is 0.203. The van der Waals surface area contributed by atoms with Crippen molar-refractivity contribution in [2.75, 3.05) is 26.8 Å². The van der Waals surface area contributed by atoms with Crippen LogP contribution in [0.5, 0.6) is 0 Å². The van der Waals surface area contributed by atoms with Gasteiger partial charge in [-0.15, -0.1) is 0 Å². The molecule has 3 aromatic carbocycles. The standard InChI is InChI=1S/C32H39N3O3/c1-4-5-9-19-38-20-18-35(3)23(2)33-28-17-16-27-21-30(36)31(29(27)22-28)34-32(37)26-14-12-25(13-15-26)24-10-7-6-8-11-24/h6-8,10-17,22,30-31,36H,4-5,9,18-21H2,1-3H3,(H,34,37)/t30-,31-/m1/s1. The van der Waals surface area contributed by atoms with Gasteiger partial charge in [0.25, 0.3) is 5.91 Å². The largest absolute Gasteiger partial charge is 0.390 e. The Kier molecular flexibility index (Phi) is 9.68. The molecule has 0 spiro atoms. The molecule has 38 heavy (non-hydrogen) atoms. The summed E-state index contributed by atoms with van der Waals surface area (Å²) in [5.74, 6) is 0.685. The van der Waals surface area contributed by atoms with Gasteiger partial charge in [-0.05, 0) is 59.9 Å². The van der Waals surface area contributed by atoms with Crippen LogP contribution in [0.3, 0.4) is 0 Å². The summed E-state index contributed by atoms with van der Waals surface area (Å²) in [6.45, 7) is 6.41. The maximum absolute atomic E-state index is 13.1. The van der Waals surface area contributed by atoms with Crippen LogP contribution >= 0.6 is 0 Å². The summed E-state index contributed by atoms with van der Waals surface area (Å²) in [6, 6.07) is 23.1. The molecule has 2 N–H and O–H groups in total. The van der Waals surface area contributed by atoms with Crippen LogP contribution in [0.25, 0.3) is 11.1 Å². The Bertz CT molecular complexity index is 1220. The molecule has 0 aliphatic heterocycles. The van der Waals surface area contributed by atoms with Crippen LogP contribution in [0, 0.1) is 0 Å². The number of amidine groups is 1. The van der Waals surface area contributed by atoms with Gasteiger partial charge in [-0.2, -0.15) is 0 Å². The van der Waals surface area contributed by atoms with E-state index in [1.165, 1.54) is 12.8 Å². The van der Waals surface area contributed by atoms with E-state index in [-0.39, 0.29) is 5.91 Å². The third-order valence-electron chi connectivity index (χ3n) is 7.13. The van der Waals surface area contributed by atoms with E-state index in [9.17, 15) is 9.90 Å². The van der Waals surface area contributed by atoms with Crippen LogP contribution in [0.4, 0.5) is 5.69 Å². The molecular weight excluding hydrogens is 474 g/mol. The highest BCUT2D eigenvalue weighted by atomic mass is 16.5. The third kappa shape index (κ3) is 7.09. The number of nitrogens with zero attached hydrogens (tertiary/aromatic N) is 2. The lowest BCUT2D eigenvalue weighted by atomic mass is 10.0. The molecule has 0 saturated carbocycles. The smallest absolute Gasteiger partial charge is 0.251 e. The summed E-state index contributed by atoms with van der Waals surface area (Å²) < 4.78 is 5.73. The Morgan fingerprint density at radius 3 is 2.50 bits per heavy atom. The zero-order chi connectivity index (χ0) is 26.9. The molecule has 3 aromatic rings. The van der Waals surface area contributed by atoms with Gasteiger partial charge in [0.2, 0.25) is 0 Å². The van der Waals surface area contributed by atoms with Crippen LogP contribution in [-0.4, -0.2) is 54.7 Å². The van der Waals surface area contributed by atoms with Gasteiger partial charge in [0, 0.05) is 32.2 Å². The zero-order valence-corrected chi connectivity index (χ0v) is 22.7. The maximum atomic E-state index is 13.1. The Morgan fingerprint density at radius 1 is 1.03 bits per heavy atom. The first kappa shape index (κ1) is 27.6. The number of hydrogen-bond acceptors (Lipinski definition) is 4. The minimum atomic E-state index is -0.676. The summed E-state index contributed by atoms with van der Waals surface area (Å²) in [4.78, 5) is 19.9. The molecule has 0 saturated heterocycles. The average molecular weight is 514 g/mol. The van der Waals surface area contributed by atoms with Crippen molar-refractivity contribution in [2.24, 2.45) is 4.99 Å². The molecule has 6 nitrogen and oxygen atoms in total. The fraction of sp³-hybridized carbons (Fsp3) is 0.375. The van der Waals surface area contributed by atoms with Gasteiger partial charge in [0.1, 0.15) is 5.84 Å². The number of ether oxygens (including phenoxy) is 1. The van der Waals surface area contributed by atoms with Gasteiger partial charge in [0.05, 0.1) is 24.4 Å². The number of carbonyl (C=O) groups excluding carboxylic acids is 1. The second kappa shape index (κ2) is 13.4. The van der Waals surface area contributed by atoms with Gasteiger partial charge in [-0.3, -0.25) is 4.79 Å². The summed E-state index contributed by atoms with van der Waals surface area (Å²) >= 11 is 0. The number of likely N-dealkylation sites (N-methyl/N-ethyl adjacent to an activating group) is 1. The van der Waals surface area contributed by atoms with Crippen molar-refractivity contribution in [3.63, 3.8) is 0 Å². The van der Waals surface area contributed by atoms with Gasteiger partial charge in [-0.25, -0.2) is 4.99 Å². The van der Waals surface area contributed by atoms with Gasteiger partial charge in [0.15, 0.2) is 0 Å². The summed E-state index contributed by atoms with van der Waals surface area (Å²) in [7, 11) is 2.01. The molecule has 0 aromatic heterocycles. The van der Waals surface area contributed by atoms with Crippen LogP contribution < -0.4 is 5.32 Å². The number of hydrogen-bond donors (Lipinski definition) is 2. The summed E-state index contributed by atoms with van der Waals surface area (Å²) in [5, 5.41) is 13.8. The highest BCUT2D eigenvalue weighted by molar-refractivity contribution is 5.95. The zero-order valence-electron chi connectivity index (χ0n) is 22.7. The topological polar surface area (TPSA) is 74.2 Å². The van der Waals surface area contributed by atoms with E-state index in [4.69, 9.17) is 9.73 Å². The van der Waals surface area contributed by atoms with Crippen molar-refractivity contribution in [3.05, 3.63) is 89.5 Å². The molecule has 0 radical (unpaired) electrons. The Balaban J connectivity index is 1.39. The first-order valence-electron chi connectivity index (χ1n) is 13.6. The molecule has 200 valence electrons. The van der Waals surface area contributed by atoms with E-state index in [2.05, 4.69) is 17.1 Å². The minimum Gasteiger partial charge on any atom is -0.390 e. The SMILES string of the molecule is CCCCCOCCN(C)C(C)=Nc1ccc2c(c1)[C@@H](NC(=O)c1ccc(-c3ccccc3)cc1)[C@H](O)C2. The predicted octanol–water partition coefficient (Wildman–Crippen LogP) is 5.93. The summed E-state index contributed by atoms with van der Waals surface area (Å²) in [6.07, 6.45) is 3.33. The predicted molar refractivity (Wildman–Crippen MR) is 154 cm³/mol. The fourth-order valence-electron chi connectivity index (χ4n) is 4.71. The third-order valence-corrected chi connectivity index (χ3v) is 7.13. The van der Waals surface area contributed by atoms with Crippen molar-refractivity contribution < 1.29 is 14.6 Å². The second-order valence-electron chi connectivity index (χ2n) is 9.95. The number of aliphatic hydroxyl groups is 1. The van der Waals surface area contributed by atoms with E-state index in [0.29, 0.717) is 18.6 Å². The molecule has 0 fully saturated rings. The fourth-order valence-corrected chi connectivity index (χ4v) is 4.71. The van der Waals surface area contributed by atoms with Gasteiger partial charge >= 0.3 is 0 Å².